The van der Waals surface area contributed by atoms with Gasteiger partial charge in [-0.25, -0.2) is 4.39 Å². The van der Waals surface area contributed by atoms with Crippen molar-refractivity contribution in [1.82, 2.24) is 5.32 Å². The Balaban J connectivity index is 1.80. The van der Waals surface area contributed by atoms with Gasteiger partial charge in [0, 0.05) is 38.2 Å². The van der Waals surface area contributed by atoms with Gasteiger partial charge in [0.2, 0.25) is 0 Å². The molecule has 0 spiro atoms. The van der Waals surface area contributed by atoms with Crippen molar-refractivity contribution in [3.05, 3.63) is 97.7 Å². The lowest BCUT2D eigenvalue weighted by Crippen LogP contribution is -2.33. The highest BCUT2D eigenvalue weighted by atomic mass is 79.9. The molecule has 4 rings (SSSR count). The molecule has 2 N–H and O–H groups in total. The molecular formula is C23H19Br2FN2O. The Morgan fingerprint density at radius 1 is 0.966 bits per heavy atom. The summed E-state index contributed by atoms with van der Waals surface area (Å²) in [7, 11) is 0. The first-order chi connectivity index (χ1) is 13.9. The Hall–Kier alpha value is -2.02. The molecule has 1 heterocycles. The number of aromatic hydroxyl groups is 1. The normalized spacial score (nSPS) is 19.1. The standard InChI is InChI=1S/C23H19Br2FN2O/c1-13-2-4-14(5-3-13)20-12-21(18-11-16(25)7-9-22(18)29)28-23(27-20)17-10-15(24)6-8-19(17)26/h2-11,21,23,28-29H,12H2,1H3/t21-,23-/m0/s1. The summed E-state index contributed by atoms with van der Waals surface area (Å²) in [6.07, 6.45) is 0.0140. The lowest BCUT2D eigenvalue weighted by atomic mass is 9.93. The number of rotatable bonds is 3. The molecular weight excluding hydrogens is 499 g/mol. The summed E-state index contributed by atoms with van der Waals surface area (Å²) < 4.78 is 16.3. The molecule has 0 unspecified atom stereocenters. The van der Waals surface area contributed by atoms with Crippen LogP contribution in [0.1, 0.15) is 40.9 Å². The first kappa shape index (κ1) is 20.3. The first-order valence-corrected chi connectivity index (χ1v) is 10.8. The Kier molecular flexibility index (Phi) is 5.86. The van der Waals surface area contributed by atoms with Gasteiger partial charge >= 0.3 is 0 Å². The molecule has 0 saturated heterocycles. The van der Waals surface area contributed by atoms with Gasteiger partial charge in [0.05, 0.1) is 0 Å². The zero-order valence-electron chi connectivity index (χ0n) is 15.7. The number of aliphatic imine (C=N–C) groups is 1. The van der Waals surface area contributed by atoms with Crippen molar-refractivity contribution in [2.45, 2.75) is 25.6 Å². The highest BCUT2D eigenvalue weighted by molar-refractivity contribution is 9.10. The Morgan fingerprint density at radius 3 is 2.34 bits per heavy atom. The van der Waals surface area contributed by atoms with Crippen LogP contribution < -0.4 is 5.32 Å². The van der Waals surface area contributed by atoms with Crippen molar-refractivity contribution in [3.8, 4) is 5.75 Å². The molecule has 0 aliphatic carbocycles. The summed E-state index contributed by atoms with van der Waals surface area (Å²) in [6.45, 7) is 2.04. The molecule has 3 aromatic carbocycles. The van der Waals surface area contributed by atoms with E-state index in [1.165, 1.54) is 11.6 Å². The van der Waals surface area contributed by atoms with E-state index in [1.807, 2.05) is 37.3 Å². The average molecular weight is 518 g/mol. The number of hydrogen-bond donors (Lipinski definition) is 2. The number of phenols is 1. The number of benzene rings is 3. The van der Waals surface area contributed by atoms with Gasteiger partial charge in [0.1, 0.15) is 17.7 Å². The second-order valence-corrected chi connectivity index (χ2v) is 8.97. The number of halogens is 3. The highest BCUT2D eigenvalue weighted by Gasteiger charge is 2.29. The lowest BCUT2D eigenvalue weighted by Gasteiger charge is -2.31. The van der Waals surface area contributed by atoms with Crippen LogP contribution in [-0.2, 0) is 0 Å². The van der Waals surface area contributed by atoms with Gasteiger partial charge in [-0.1, -0.05) is 61.7 Å². The van der Waals surface area contributed by atoms with E-state index in [4.69, 9.17) is 4.99 Å². The summed E-state index contributed by atoms with van der Waals surface area (Å²) in [5, 5.41) is 13.9. The van der Waals surface area contributed by atoms with Gasteiger partial charge in [0.25, 0.3) is 0 Å². The Bertz CT molecular complexity index is 1080. The summed E-state index contributed by atoms with van der Waals surface area (Å²) in [6, 6.07) is 18.1. The van der Waals surface area contributed by atoms with Crippen molar-refractivity contribution in [3.63, 3.8) is 0 Å². The second kappa shape index (κ2) is 8.38. The summed E-state index contributed by atoms with van der Waals surface area (Å²) in [5.74, 6) is -0.124. The Morgan fingerprint density at radius 2 is 1.62 bits per heavy atom. The van der Waals surface area contributed by atoms with Gasteiger partial charge in [-0.15, -0.1) is 0 Å². The topological polar surface area (TPSA) is 44.6 Å². The number of nitrogens with one attached hydrogen (secondary N) is 1. The number of phenolic OH excluding ortho intramolecular Hbond substituents is 1. The average Bonchev–Trinajstić information content (AvgIpc) is 2.72. The largest absolute Gasteiger partial charge is 0.508 e. The van der Waals surface area contributed by atoms with Gasteiger partial charge in [-0.05, 0) is 48.9 Å². The van der Waals surface area contributed by atoms with E-state index in [0.717, 1.165) is 25.8 Å². The van der Waals surface area contributed by atoms with Crippen molar-refractivity contribution >= 4 is 37.6 Å². The quantitative estimate of drug-likeness (QED) is 0.411. The van der Waals surface area contributed by atoms with Crippen LogP contribution in [0.4, 0.5) is 4.39 Å². The molecule has 3 nitrogen and oxygen atoms in total. The van der Waals surface area contributed by atoms with E-state index in [-0.39, 0.29) is 17.6 Å². The molecule has 0 radical (unpaired) electrons. The lowest BCUT2D eigenvalue weighted by molar-refractivity contribution is 0.405. The molecule has 0 fully saturated rings. The molecule has 0 aromatic heterocycles. The van der Waals surface area contributed by atoms with E-state index in [9.17, 15) is 9.50 Å². The predicted octanol–water partition coefficient (Wildman–Crippen LogP) is 6.59. The molecule has 148 valence electrons. The maximum absolute atomic E-state index is 14.6. The summed E-state index contributed by atoms with van der Waals surface area (Å²) >= 11 is 6.90. The summed E-state index contributed by atoms with van der Waals surface area (Å²) in [4.78, 5) is 4.83. The molecule has 0 saturated carbocycles. The SMILES string of the molecule is Cc1ccc(C2=N[C@H](c3cc(Br)ccc3F)N[C@H](c3cc(Br)ccc3O)C2)cc1. The zero-order chi connectivity index (χ0) is 20.5. The second-order valence-electron chi connectivity index (χ2n) is 7.14. The van der Waals surface area contributed by atoms with Crippen LogP contribution in [0.3, 0.4) is 0 Å². The monoisotopic (exact) mass is 516 g/mol. The van der Waals surface area contributed by atoms with Crippen LogP contribution in [-0.4, -0.2) is 10.8 Å². The Labute approximate surface area is 186 Å². The van der Waals surface area contributed by atoms with Crippen LogP contribution in [0.15, 0.2) is 74.6 Å². The molecule has 0 bridgehead atoms. The highest BCUT2D eigenvalue weighted by Crippen LogP contribution is 2.36. The molecule has 0 amide bonds. The first-order valence-electron chi connectivity index (χ1n) is 9.24. The van der Waals surface area contributed by atoms with Gasteiger partial charge < -0.3 is 5.11 Å². The van der Waals surface area contributed by atoms with Crippen molar-refractivity contribution in [2.24, 2.45) is 4.99 Å². The van der Waals surface area contributed by atoms with E-state index in [2.05, 4.69) is 37.2 Å². The zero-order valence-corrected chi connectivity index (χ0v) is 18.8. The van der Waals surface area contributed by atoms with Gasteiger partial charge in [-0.2, -0.15) is 0 Å². The third kappa shape index (κ3) is 4.44. The third-order valence-electron chi connectivity index (χ3n) is 5.04. The van der Waals surface area contributed by atoms with Crippen molar-refractivity contribution < 1.29 is 9.50 Å². The van der Waals surface area contributed by atoms with E-state index < -0.39 is 6.17 Å². The van der Waals surface area contributed by atoms with E-state index >= 15 is 0 Å². The summed E-state index contributed by atoms with van der Waals surface area (Å²) in [5.41, 5.74) is 4.25. The molecule has 1 aliphatic heterocycles. The van der Waals surface area contributed by atoms with Crippen LogP contribution in [0, 0.1) is 12.7 Å². The minimum Gasteiger partial charge on any atom is -0.508 e. The molecule has 2 atom stereocenters. The fourth-order valence-corrected chi connectivity index (χ4v) is 4.27. The predicted molar refractivity (Wildman–Crippen MR) is 121 cm³/mol. The van der Waals surface area contributed by atoms with Gasteiger partial charge in [0.15, 0.2) is 0 Å². The van der Waals surface area contributed by atoms with Crippen molar-refractivity contribution in [2.75, 3.05) is 0 Å². The maximum Gasteiger partial charge on any atom is 0.129 e. The third-order valence-corrected chi connectivity index (χ3v) is 6.03. The fourth-order valence-electron chi connectivity index (χ4n) is 3.51. The number of aryl methyl sites for hydroxylation is 1. The number of hydrogen-bond acceptors (Lipinski definition) is 3. The molecule has 3 aromatic rings. The molecule has 29 heavy (non-hydrogen) atoms. The van der Waals surface area contributed by atoms with Crippen molar-refractivity contribution in [1.29, 1.82) is 0 Å². The van der Waals surface area contributed by atoms with Gasteiger partial charge in [-0.3, -0.25) is 10.3 Å². The van der Waals surface area contributed by atoms with Crippen LogP contribution in [0.5, 0.6) is 5.75 Å². The molecule has 1 aliphatic rings. The van der Waals surface area contributed by atoms with E-state index in [1.54, 1.807) is 24.3 Å². The maximum atomic E-state index is 14.6. The minimum absolute atomic E-state index is 0.198. The fraction of sp³-hybridized carbons (Fsp3) is 0.174. The van der Waals surface area contributed by atoms with Crippen LogP contribution >= 0.6 is 31.9 Å². The number of nitrogens with zero attached hydrogens (tertiary/aromatic N) is 1. The van der Waals surface area contributed by atoms with E-state index in [0.29, 0.717) is 12.0 Å². The van der Waals surface area contributed by atoms with Crippen LogP contribution in [0.25, 0.3) is 0 Å². The molecule has 6 heteroatoms. The smallest absolute Gasteiger partial charge is 0.129 e. The van der Waals surface area contributed by atoms with Crippen LogP contribution in [0.2, 0.25) is 0 Å². The minimum atomic E-state index is -0.569.